The van der Waals surface area contributed by atoms with Gasteiger partial charge in [-0.3, -0.25) is 4.79 Å². The number of carbonyl (C=O) groups is 1. The van der Waals surface area contributed by atoms with Crippen molar-refractivity contribution in [2.24, 2.45) is 0 Å². The van der Waals surface area contributed by atoms with Crippen LogP contribution < -0.4 is 10.1 Å². The molecule has 1 saturated heterocycles. The van der Waals surface area contributed by atoms with Crippen molar-refractivity contribution in [1.82, 2.24) is 10.2 Å². The maximum Gasteiger partial charge on any atom is 0.222 e. The second kappa shape index (κ2) is 7.14. The fraction of sp³-hybridized carbons (Fsp3) is 0.533. The largest absolute Gasteiger partial charge is 0.497 e. The zero-order valence-electron chi connectivity index (χ0n) is 11.5. The Morgan fingerprint density at radius 3 is 3.05 bits per heavy atom. The van der Waals surface area contributed by atoms with Gasteiger partial charge in [0, 0.05) is 26.1 Å². The topological polar surface area (TPSA) is 41.6 Å². The molecular weight excluding hydrogens is 240 g/mol. The van der Waals surface area contributed by atoms with Crippen LogP contribution in [0.2, 0.25) is 0 Å². The number of nitrogens with one attached hydrogen (secondary N) is 1. The van der Waals surface area contributed by atoms with E-state index in [1.807, 2.05) is 23.1 Å². The number of likely N-dealkylation sites (tertiary alicyclic amines) is 1. The van der Waals surface area contributed by atoms with Gasteiger partial charge in [-0.2, -0.15) is 0 Å². The fourth-order valence-corrected chi connectivity index (χ4v) is 2.35. The summed E-state index contributed by atoms with van der Waals surface area (Å²) in [5, 5.41) is 3.40. The van der Waals surface area contributed by atoms with E-state index in [-0.39, 0.29) is 0 Å². The van der Waals surface area contributed by atoms with Crippen LogP contribution >= 0.6 is 0 Å². The first-order chi connectivity index (χ1) is 9.29. The zero-order chi connectivity index (χ0) is 13.5. The summed E-state index contributed by atoms with van der Waals surface area (Å²) in [6.45, 7) is 3.59. The Hall–Kier alpha value is -1.55. The Balaban J connectivity index is 1.62. The number of carbonyl (C=O) groups excluding carboxylic acids is 1. The summed E-state index contributed by atoms with van der Waals surface area (Å²) in [6.07, 6.45) is 2.77. The minimum absolute atomic E-state index is 0.313. The predicted molar refractivity (Wildman–Crippen MR) is 75.1 cm³/mol. The van der Waals surface area contributed by atoms with Gasteiger partial charge in [-0.25, -0.2) is 0 Å². The first kappa shape index (κ1) is 13.9. The molecule has 1 aliphatic rings. The lowest BCUT2D eigenvalue weighted by atomic mass is 10.2. The summed E-state index contributed by atoms with van der Waals surface area (Å²) in [7, 11) is 1.68. The van der Waals surface area contributed by atoms with E-state index in [4.69, 9.17) is 4.74 Å². The first-order valence-corrected chi connectivity index (χ1v) is 6.91. The van der Waals surface area contributed by atoms with Gasteiger partial charge in [0.2, 0.25) is 5.91 Å². The Bertz CT molecular complexity index is 420. The molecule has 1 fully saturated rings. The van der Waals surface area contributed by atoms with Gasteiger partial charge in [-0.1, -0.05) is 12.1 Å². The normalized spacial score (nSPS) is 15.0. The van der Waals surface area contributed by atoms with Crippen LogP contribution in [0.5, 0.6) is 5.75 Å². The Morgan fingerprint density at radius 2 is 2.32 bits per heavy atom. The van der Waals surface area contributed by atoms with Gasteiger partial charge >= 0.3 is 0 Å². The summed E-state index contributed by atoms with van der Waals surface area (Å²) < 4.78 is 5.19. The highest BCUT2D eigenvalue weighted by Crippen LogP contribution is 2.12. The van der Waals surface area contributed by atoms with Gasteiger partial charge in [0.05, 0.1) is 7.11 Å². The average molecular weight is 262 g/mol. The predicted octanol–water partition coefficient (Wildman–Crippen LogP) is 1.80. The molecule has 0 atom stereocenters. The van der Waals surface area contributed by atoms with Gasteiger partial charge < -0.3 is 15.0 Å². The highest BCUT2D eigenvalue weighted by molar-refractivity contribution is 5.77. The molecule has 104 valence electrons. The van der Waals surface area contributed by atoms with Gasteiger partial charge in [0.1, 0.15) is 5.75 Å². The Morgan fingerprint density at radius 1 is 1.42 bits per heavy atom. The third-order valence-electron chi connectivity index (χ3n) is 3.42. The highest BCUT2D eigenvalue weighted by Gasteiger charge is 2.18. The molecule has 1 aromatic rings. The smallest absolute Gasteiger partial charge is 0.222 e. The van der Waals surface area contributed by atoms with Crippen LogP contribution in [0.3, 0.4) is 0 Å². The molecule has 0 unspecified atom stereocenters. The summed E-state index contributed by atoms with van der Waals surface area (Å²) >= 11 is 0. The molecule has 1 aromatic carbocycles. The molecule has 1 amide bonds. The SMILES string of the molecule is COc1cccc(CNCCCN2CCCC2=O)c1. The van der Waals surface area contributed by atoms with Crippen LogP contribution in [0.1, 0.15) is 24.8 Å². The Labute approximate surface area is 114 Å². The number of rotatable bonds is 7. The number of nitrogens with zero attached hydrogens (tertiary/aromatic N) is 1. The monoisotopic (exact) mass is 262 g/mol. The van der Waals surface area contributed by atoms with Gasteiger partial charge in [0.25, 0.3) is 0 Å². The molecule has 4 nitrogen and oxygen atoms in total. The van der Waals surface area contributed by atoms with Crippen molar-refractivity contribution in [2.45, 2.75) is 25.8 Å². The summed E-state index contributed by atoms with van der Waals surface area (Å²) in [5.41, 5.74) is 1.22. The lowest BCUT2D eigenvalue weighted by Gasteiger charge is -2.15. The number of hydrogen-bond acceptors (Lipinski definition) is 3. The molecule has 0 aliphatic carbocycles. The van der Waals surface area contributed by atoms with Crippen molar-refractivity contribution < 1.29 is 9.53 Å². The average Bonchev–Trinajstić information content (AvgIpc) is 2.84. The maximum atomic E-state index is 11.4. The van der Waals surface area contributed by atoms with E-state index in [0.29, 0.717) is 5.91 Å². The standard InChI is InChI=1S/C15H22N2O2/c1-19-14-6-2-5-13(11-14)12-16-8-4-10-17-9-3-7-15(17)18/h2,5-6,11,16H,3-4,7-10,12H2,1H3. The first-order valence-electron chi connectivity index (χ1n) is 6.91. The molecule has 4 heteroatoms. The van der Waals surface area contributed by atoms with E-state index in [0.717, 1.165) is 51.2 Å². The van der Waals surface area contributed by atoms with E-state index >= 15 is 0 Å². The van der Waals surface area contributed by atoms with E-state index in [2.05, 4.69) is 11.4 Å². The van der Waals surface area contributed by atoms with Crippen LogP contribution in [0.25, 0.3) is 0 Å². The van der Waals surface area contributed by atoms with Crippen molar-refractivity contribution in [2.75, 3.05) is 26.7 Å². The highest BCUT2D eigenvalue weighted by atomic mass is 16.5. The zero-order valence-corrected chi connectivity index (χ0v) is 11.5. The van der Waals surface area contributed by atoms with Crippen molar-refractivity contribution >= 4 is 5.91 Å². The molecule has 19 heavy (non-hydrogen) atoms. The fourth-order valence-electron chi connectivity index (χ4n) is 2.35. The van der Waals surface area contributed by atoms with Gasteiger partial charge in [-0.05, 0) is 37.1 Å². The molecule has 0 spiro atoms. The number of benzene rings is 1. The number of ether oxygens (including phenoxy) is 1. The van der Waals surface area contributed by atoms with Crippen LogP contribution in [0, 0.1) is 0 Å². The van der Waals surface area contributed by atoms with Crippen LogP contribution in [-0.2, 0) is 11.3 Å². The summed E-state index contributed by atoms with van der Waals surface area (Å²) in [5.74, 6) is 1.20. The number of methoxy groups -OCH3 is 1. The second-order valence-electron chi connectivity index (χ2n) is 4.87. The minimum Gasteiger partial charge on any atom is -0.497 e. The molecule has 0 saturated carbocycles. The van der Waals surface area contributed by atoms with Crippen molar-refractivity contribution in [3.8, 4) is 5.75 Å². The molecular formula is C15H22N2O2. The molecule has 1 heterocycles. The van der Waals surface area contributed by atoms with E-state index in [1.54, 1.807) is 7.11 Å². The molecule has 2 rings (SSSR count). The molecule has 0 bridgehead atoms. The number of hydrogen-bond donors (Lipinski definition) is 1. The summed E-state index contributed by atoms with van der Waals surface area (Å²) in [6, 6.07) is 8.07. The third-order valence-corrected chi connectivity index (χ3v) is 3.42. The molecule has 1 N–H and O–H groups in total. The summed E-state index contributed by atoms with van der Waals surface area (Å²) in [4.78, 5) is 13.4. The van der Waals surface area contributed by atoms with E-state index in [1.165, 1.54) is 5.56 Å². The lowest BCUT2D eigenvalue weighted by Crippen LogP contribution is -2.28. The maximum absolute atomic E-state index is 11.4. The minimum atomic E-state index is 0.313. The molecule has 0 aromatic heterocycles. The second-order valence-corrected chi connectivity index (χ2v) is 4.87. The van der Waals surface area contributed by atoms with Gasteiger partial charge in [-0.15, -0.1) is 0 Å². The quantitative estimate of drug-likeness (QED) is 0.762. The molecule has 1 aliphatic heterocycles. The molecule has 0 radical (unpaired) electrons. The van der Waals surface area contributed by atoms with Crippen LogP contribution in [0.15, 0.2) is 24.3 Å². The van der Waals surface area contributed by atoms with Crippen molar-refractivity contribution in [3.63, 3.8) is 0 Å². The van der Waals surface area contributed by atoms with Crippen LogP contribution in [-0.4, -0.2) is 37.6 Å². The van der Waals surface area contributed by atoms with Gasteiger partial charge in [0.15, 0.2) is 0 Å². The lowest BCUT2D eigenvalue weighted by molar-refractivity contribution is -0.127. The Kier molecular flexibility index (Phi) is 5.21. The van der Waals surface area contributed by atoms with Crippen LogP contribution in [0.4, 0.5) is 0 Å². The third kappa shape index (κ3) is 4.24. The van der Waals surface area contributed by atoms with Crippen molar-refractivity contribution in [1.29, 1.82) is 0 Å². The number of amides is 1. The van der Waals surface area contributed by atoms with E-state index < -0.39 is 0 Å². The van der Waals surface area contributed by atoms with Crippen molar-refractivity contribution in [3.05, 3.63) is 29.8 Å². The van der Waals surface area contributed by atoms with E-state index in [9.17, 15) is 4.79 Å².